The third-order valence-corrected chi connectivity index (χ3v) is 19.1. The van der Waals surface area contributed by atoms with Gasteiger partial charge < -0.3 is 9.97 Å². The van der Waals surface area contributed by atoms with Gasteiger partial charge in [0.1, 0.15) is 0 Å². The molecule has 402 valence electrons. The number of nitrogens with zero attached hydrogens (tertiary/aromatic N) is 4. The fourth-order valence-corrected chi connectivity index (χ4v) is 16.2. The van der Waals surface area contributed by atoms with Crippen molar-refractivity contribution >= 4 is 86.5 Å². The Morgan fingerprint density at radius 2 is 0.519 bits per heavy atom. The van der Waals surface area contributed by atoms with Crippen LogP contribution in [0.2, 0.25) is 0 Å². The third-order valence-electron chi connectivity index (χ3n) is 14.4. The molecule has 0 unspecified atom stereocenters. The summed E-state index contributed by atoms with van der Waals surface area (Å²) in [7, 11) is -17.1. The molecular formula is C56H56N8NiO8S4. The molecule has 0 saturated carbocycles. The fraction of sp³-hybridized carbons (Fsp3) is 0.214. The molecule has 21 heteroatoms. The summed E-state index contributed by atoms with van der Waals surface area (Å²) in [5, 5.41) is 23.7. The maximum Gasteiger partial charge on any atom is 2.00 e. The van der Waals surface area contributed by atoms with Crippen LogP contribution in [0.15, 0.2) is 68.1 Å². The van der Waals surface area contributed by atoms with E-state index in [4.69, 9.17) is 40.5 Å². The molecule has 8 bridgehead atoms. The average molecular weight is 1160 g/mol. The van der Waals surface area contributed by atoms with Gasteiger partial charge >= 0.3 is 16.5 Å². The number of sulfonamides is 4. The number of nitrogens with two attached hydrogens (primary N) is 4. The first-order valence-electron chi connectivity index (χ1n) is 23.8. The molecule has 0 saturated heterocycles. The van der Waals surface area contributed by atoms with Crippen molar-refractivity contribution in [3.63, 3.8) is 0 Å². The Morgan fingerprint density at radius 1 is 0.312 bits per heavy atom. The van der Waals surface area contributed by atoms with Gasteiger partial charge in [0.2, 0.25) is 40.1 Å². The van der Waals surface area contributed by atoms with E-state index in [1.54, 1.807) is 128 Å². The van der Waals surface area contributed by atoms with E-state index in [0.29, 0.717) is 156 Å². The third kappa shape index (κ3) is 9.65. The van der Waals surface area contributed by atoms with E-state index in [1.165, 1.54) is 0 Å². The van der Waals surface area contributed by atoms with Gasteiger partial charge in [0.25, 0.3) is 0 Å². The molecule has 2 aliphatic rings. The normalized spacial score (nSPS) is 12.9. The summed E-state index contributed by atoms with van der Waals surface area (Å²) in [5.41, 5.74) is 12.3. The molecule has 0 spiro atoms. The topological polar surface area (TPSA) is 295 Å². The predicted octanol–water partition coefficient (Wildman–Crippen LogP) is 8.87. The summed E-state index contributed by atoms with van der Waals surface area (Å²) in [6.07, 6.45) is 7.07. The van der Waals surface area contributed by atoms with Crippen molar-refractivity contribution in [2.24, 2.45) is 20.6 Å². The number of rotatable bonds is 8. The molecule has 4 aromatic carbocycles. The first kappa shape index (κ1) is 56.8. The number of primary sulfonamides is 4. The summed E-state index contributed by atoms with van der Waals surface area (Å²) in [6.45, 7) is 20.8. The van der Waals surface area contributed by atoms with Crippen LogP contribution >= 0.6 is 0 Å². The second kappa shape index (κ2) is 19.5. The Labute approximate surface area is 459 Å². The van der Waals surface area contributed by atoms with Crippen LogP contribution in [-0.4, -0.2) is 43.6 Å². The standard InChI is InChI=1S/C56H56N8O8S4.Ni/c1-25-21-29(5)53(73(57,65)66)33(9)45(25)49-37-13-15-39(61-37)50(46-26(2)22-30(6)54(34(46)10)74(58,67)68)41-17-19-43(63-41)52(48-28(4)24-32(8)56(36(48)12)76(60,71)72)44-20-18-42(64-44)51(40-16-14-38(49)62-40)47-27(3)23-31(7)55(35(47)11)75(59,69)70;/h13-24H,1-12H3,(H2,57,65,66)(H2,58,67,68)(H2,59,69,70)(H2,60,71,72);/q-2;+2. The molecule has 8 N–H and O–H groups in total. The zero-order valence-electron chi connectivity index (χ0n) is 44.2. The molecule has 16 nitrogen and oxygen atoms in total. The van der Waals surface area contributed by atoms with Crippen LogP contribution in [-0.2, 0) is 56.6 Å². The summed E-state index contributed by atoms with van der Waals surface area (Å²) in [5.74, 6) is 0. The van der Waals surface area contributed by atoms with E-state index in [1.807, 2.05) is 27.7 Å². The number of aryl methyl sites for hydroxylation is 8. The smallest absolute Gasteiger partial charge is 0.657 e. The molecule has 77 heavy (non-hydrogen) atoms. The zero-order valence-corrected chi connectivity index (χ0v) is 48.5. The molecule has 2 aliphatic heterocycles. The number of benzene rings is 4. The van der Waals surface area contributed by atoms with Crippen LogP contribution < -0.4 is 30.5 Å². The number of aromatic nitrogens is 4. The van der Waals surface area contributed by atoms with Crippen LogP contribution in [0.3, 0.4) is 0 Å². The Hall–Kier alpha value is -6.39. The van der Waals surface area contributed by atoms with Gasteiger partial charge in [0, 0.05) is 5.56 Å². The molecule has 3 aromatic heterocycles. The molecule has 0 aliphatic carbocycles. The molecule has 9 rings (SSSR count). The molecule has 7 aromatic rings. The van der Waals surface area contributed by atoms with Crippen molar-refractivity contribution in [2.75, 3.05) is 0 Å². The van der Waals surface area contributed by atoms with Gasteiger partial charge in [0.05, 0.1) is 42.4 Å². The van der Waals surface area contributed by atoms with Gasteiger partial charge in [-0.2, -0.15) is 0 Å². The van der Waals surface area contributed by atoms with Gasteiger partial charge in [-0.15, -0.1) is 22.1 Å². The maximum atomic E-state index is 13.4. The van der Waals surface area contributed by atoms with Crippen LogP contribution in [0.25, 0.3) is 90.9 Å². The summed E-state index contributed by atoms with van der Waals surface area (Å²) < 4.78 is 107. The molecule has 0 radical (unpaired) electrons. The van der Waals surface area contributed by atoms with E-state index in [9.17, 15) is 33.7 Å². The van der Waals surface area contributed by atoms with Crippen LogP contribution in [0, 0.1) is 83.1 Å². The second-order valence-corrected chi connectivity index (χ2v) is 25.9. The van der Waals surface area contributed by atoms with E-state index < -0.39 is 40.1 Å². The Kier molecular flexibility index (Phi) is 14.4. The van der Waals surface area contributed by atoms with Crippen molar-refractivity contribution in [3.05, 3.63) is 138 Å². The second-order valence-electron chi connectivity index (χ2n) is 19.9. The van der Waals surface area contributed by atoms with Crippen LogP contribution in [0.5, 0.6) is 0 Å². The summed E-state index contributed by atoms with van der Waals surface area (Å²) in [4.78, 5) is 21.0. The number of hydrogen-bond donors (Lipinski definition) is 4. The molecule has 0 fully saturated rings. The zero-order chi connectivity index (χ0) is 55.8. The van der Waals surface area contributed by atoms with Gasteiger partial charge in [0.15, 0.2) is 0 Å². The molecular weight excluding hydrogens is 1100 g/mol. The minimum absolute atomic E-state index is 0. The van der Waals surface area contributed by atoms with E-state index in [2.05, 4.69) is 0 Å². The minimum Gasteiger partial charge on any atom is -0.657 e. The van der Waals surface area contributed by atoms with E-state index in [0.717, 1.165) is 0 Å². The molecule has 0 atom stereocenters. The number of hydrogen-bond acceptors (Lipinski definition) is 10. The van der Waals surface area contributed by atoms with Crippen molar-refractivity contribution in [1.82, 2.24) is 19.9 Å². The average Bonchev–Trinajstić information content (AvgIpc) is 4.14. The van der Waals surface area contributed by atoms with Gasteiger partial charge in [-0.1, -0.05) is 48.5 Å². The number of fused-ring (bicyclic) bond motifs is 8. The van der Waals surface area contributed by atoms with Crippen molar-refractivity contribution in [1.29, 1.82) is 0 Å². The van der Waals surface area contributed by atoms with Gasteiger partial charge in [-0.25, -0.2) is 64.2 Å². The van der Waals surface area contributed by atoms with Crippen molar-refractivity contribution < 1.29 is 50.2 Å². The fourth-order valence-electron chi connectivity index (χ4n) is 12.1. The summed E-state index contributed by atoms with van der Waals surface area (Å²) in [6, 6.07) is 14.0. The maximum absolute atomic E-state index is 13.4. The Morgan fingerprint density at radius 3 is 0.766 bits per heavy atom. The minimum atomic E-state index is -4.28. The van der Waals surface area contributed by atoms with Gasteiger partial charge in [-0.05, 0) is 213 Å². The SMILES string of the molecule is Cc1cc(C)c(S(N)(=O)=O)c(C)c1-c1c2nc(c(-c3c(C)cc(C)c(S(N)(=O)=O)c3C)c3ccc([n-]3)c(-c3c(C)cc(C)c(S(N)(=O)=O)c3C)c3ccc([n-]3)c(-c3c(C)cc(C)c(S(N)(=O)=O)c3C)c3nc1C=C3)C=C2.[Ni+2]. The van der Waals surface area contributed by atoms with Crippen LogP contribution in [0.1, 0.15) is 89.5 Å². The molecule has 0 amide bonds. The quantitative estimate of drug-likeness (QED) is 0.104. The van der Waals surface area contributed by atoms with E-state index >= 15 is 0 Å². The monoisotopic (exact) mass is 1150 g/mol. The Bertz CT molecular complexity index is 4350. The van der Waals surface area contributed by atoms with Gasteiger partial charge in [-0.3, -0.25) is 0 Å². The van der Waals surface area contributed by atoms with E-state index in [-0.39, 0.29) is 36.1 Å². The predicted molar refractivity (Wildman–Crippen MR) is 301 cm³/mol. The van der Waals surface area contributed by atoms with Crippen LogP contribution in [0.4, 0.5) is 0 Å². The van der Waals surface area contributed by atoms with Crippen molar-refractivity contribution in [3.8, 4) is 44.5 Å². The summed E-state index contributed by atoms with van der Waals surface area (Å²) >= 11 is 0. The largest absolute Gasteiger partial charge is 2.00 e. The Balaban J connectivity index is 0.00000784. The molecule has 5 heterocycles. The first-order valence-corrected chi connectivity index (χ1v) is 30.0. The first-order chi connectivity index (χ1) is 35.2. The van der Waals surface area contributed by atoms with Crippen molar-refractivity contribution in [2.45, 2.75) is 103 Å².